The fourth-order valence-electron chi connectivity index (χ4n) is 3.05. The molecule has 0 aliphatic carbocycles. The number of aryl methyl sites for hydroxylation is 1. The number of halogens is 1. The van der Waals surface area contributed by atoms with E-state index in [0.29, 0.717) is 12.5 Å². The predicted molar refractivity (Wildman–Crippen MR) is 72.9 cm³/mol. The van der Waals surface area contributed by atoms with E-state index in [-0.39, 0.29) is 11.9 Å². The molecule has 1 saturated heterocycles. The van der Waals surface area contributed by atoms with Crippen LogP contribution in [0.5, 0.6) is 0 Å². The molecule has 1 aromatic rings. The monoisotopic (exact) mass is 250 g/mol. The Kier molecular flexibility index (Phi) is 4.36. The first-order chi connectivity index (χ1) is 8.63. The summed E-state index contributed by atoms with van der Waals surface area (Å²) in [5.74, 6) is 0.256. The van der Waals surface area contributed by atoms with Gasteiger partial charge in [0, 0.05) is 11.6 Å². The summed E-state index contributed by atoms with van der Waals surface area (Å²) < 4.78 is 14.1. The van der Waals surface area contributed by atoms with Crippen molar-refractivity contribution < 1.29 is 4.39 Å². The standard InChI is InChI=1S/C15H23FN2/c1-11-6-7-14(16)13(9-11)15-12(10-17)5-3-4-8-18(15)2/h6-7,9,12,15H,3-5,8,10,17H2,1-2H3. The van der Waals surface area contributed by atoms with Crippen molar-refractivity contribution in [1.29, 1.82) is 0 Å². The molecule has 2 unspecified atom stereocenters. The number of likely N-dealkylation sites (tertiary alicyclic amines) is 1. The SMILES string of the molecule is Cc1ccc(F)c(C2C(CN)CCCCN2C)c1. The van der Waals surface area contributed by atoms with Crippen molar-refractivity contribution in [2.45, 2.75) is 32.2 Å². The summed E-state index contributed by atoms with van der Waals surface area (Å²) in [4.78, 5) is 2.27. The van der Waals surface area contributed by atoms with Crippen molar-refractivity contribution in [2.24, 2.45) is 11.7 Å². The Morgan fingerprint density at radius 2 is 2.17 bits per heavy atom. The molecular weight excluding hydrogens is 227 g/mol. The minimum absolute atomic E-state index is 0.0993. The van der Waals surface area contributed by atoms with Crippen molar-refractivity contribution in [1.82, 2.24) is 4.90 Å². The van der Waals surface area contributed by atoms with E-state index in [1.165, 1.54) is 12.8 Å². The molecule has 100 valence electrons. The van der Waals surface area contributed by atoms with Crippen LogP contribution in [0, 0.1) is 18.7 Å². The third-order valence-corrected chi connectivity index (χ3v) is 4.03. The molecule has 2 atom stereocenters. The van der Waals surface area contributed by atoms with E-state index < -0.39 is 0 Å². The van der Waals surface area contributed by atoms with Gasteiger partial charge in [0.1, 0.15) is 5.82 Å². The van der Waals surface area contributed by atoms with Crippen LogP contribution in [0.3, 0.4) is 0 Å². The summed E-state index contributed by atoms with van der Waals surface area (Å²) in [6.45, 7) is 3.66. The molecule has 1 fully saturated rings. The van der Waals surface area contributed by atoms with Gasteiger partial charge in [-0.15, -0.1) is 0 Å². The number of rotatable bonds is 2. The summed E-state index contributed by atoms with van der Waals surface area (Å²) in [5, 5.41) is 0. The van der Waals surface area contributed by atoms with Crippen molar-refractivity contribution in [3.8, 4) is 0 Å². The smallest absolute Gasteiger partial charge is 0.128 e. The van der Waals surface area contributed by atoms with Crippen LogP contribution in [0.25, 0.3) is 0 Å². The lowest BCUT2D eigenvalue weighted by molar-refractivity contribution is 0.191. The fraction of sp³-hybridized carbons (Fsp3) is 0.600. The van der Waals surface area contributed by atoms with Crippen LogP contribution in [0.15, 0.2) is 18.2 Å². The zero-order chi connectivity index (χ0) is 13.1. The Labute approximate surface area is 109 Å². The van der Waals surface area contributed by atoms with Crippen molar-refractivity contribution in [3.05, 3.63) is 35.1 Å². The molecule has 2 nitrogen and oxygen atoms in total. The average molecular weight is 250 g/mol. The van der Waals surface area contributed by atoms with Crippen molar-refractivity contribution in [2.75, 3.05) is 20.1 Å². The van der Waals surface area contributed by atoms with Gasteiger partial charge in [-0.2, -0.15) is 0 Å². The molecule has 0 spiro atoms. The van der Waals surface area contributed by atoms with Crippen LogP contribution in [0.2, 0.25) is 0 Å². The summed E-state index contributed by atoms with van der Waals surface area (Å²) in [7, 11) is 2.08. The largest absolute Gasteiger partial charge is 0.330 e. The molecule has 0 amide bonds. The predicted octanol–water partition coefficient (Wildman–Crippen LogP) is 2.87. The zero-order valence-corrected chi connectivity index (χ0v) is 11.3. The van der Waals surface area contributed by atoms with Gasteiger partial charge in [0.25, 0.3) is 0 Å². The molecule has 0 saturated carbocycles. The number of nitrogens with zero attached hydrogens (tertiary/aromatic N) is 1. The van der Waals surface area contributed by atoms with E-state index >= 15 is 0 Å². The molecule has 0 aromatic heterocycles. The highest BCUT2D eigenvalue weighted by Crippen LogP contribution is 2.35. The van der Waals surface area contributed by atoms with Gasteiger partial charge < -0.3 is 5.73 Å². The molecular formula is C15H23FN2. The van der Waals surface area contributed by atoms with Gasteiger partial charge in [0.2, 0.25) is 0 Å². The molecule has 0 bridgehead atoms. The van der Waals surface area contributed by atoms with Crippen molar-refractivity contribution >= 4 is 0 Å². The lowest BCUT2D eigenvalue weighted by atomic mass is 9.88. The highest BCUT2D eigenvalue weighted by molar-refractivity contribution is 5.27. The Balaban J connectivity index is 2.39. The van der Waals surface area contributed by atoms with E-state index in [1.807, 2.05) is 19.1 Å². The van der Waals surface area contributed by atoms with Gasteiger partial charge in [-0.1, -0.05) is 24.1 Å². The molecule has 18 heavy (non-hydrogen) atoms. The fourth-order valence-corrected chi connectivity index (χ4v) is 3.05. The first-order valence-corrected chi connectivity index (χ1v) is 6.80. The molecule has 2 N–H and O–H groups in total. The number of benzene rings is 1. The first-order valence-electron chi connectivity index (χ1n) is 6.80. The van der Waals surface area contributed by atoms with E-state index in [2.05, 4.69) is 11.9 Å². The molecule has 1 aromatic carbocycles. The summed E-state index contributed by atoms with van der Waals surface area (Å²) in [6.07, 6.45) is 3.46. The maximum atomic E-state index is 14.1. The third-order valence-electron chi connectivity index (χ3n) is 4.03. The second-order valence-corrected chi connectivity index (χ2v) is 5.44. The molecule has 1 aliphatic rings. The van der Waals surface area contributed by atoms with Crippen LogP contribution in [-0.4, -0.2) is 25.0 Å². The Morgan fingerprint density at radius 3 is 2.89 bits per heavy atom. The van der Waals surface area contributed by atoms with Gasteiger partial charge in [-0.05, 0) is 51.9 Å². The molecule has 0 radical (unpaired) electrons. The van der Waals surface area contributed by atoms with Crippen LogP contribution in [0.4, 0.5) is 4.39 Å². The highest BCUT2D eigenvalue weighted by atomic mass is 19.1. The van der Waals surface area contributed by atoms with Crippen LogP contribution >= 0.6 is 0 Å². The van der Waals surface area contributed by atoms with Crippen LogP contribution in [0.1, 0.15) is 36.4 Å². The van der Waals surface area contributed by atoms with E-state index in [1.54, 1.807) is 6.07 Å². The minimum atomic E-state index is -0.0993. The van der Waals surface area contributed by atoms with Gasteiger partial charge in [-0.3, -0.25) is 4.90 Å². The quantitative estimate of drug-likeness (QED) is 0.874. The zero-order valence-electron chi connectivity index (χ0n) is 11.3. The normalized spacial score (nSPS) is 26.0. The number of nitrogens with two attached hydrogens (primary N) is 1. The Bertz CT molecular complexity index is 405. The third kappa shape index (κ3) is 2.73. The van der Waals surface area contributed by atoms with Crippen LogP contribution in [-0.2, 0) is 0 Å². The van der Waals surface area contributed by atoms with Gasteiger partial charge >= 0.3 is 0 Å². The topological polar surface area (TPSA) is 29.3 Å². The Morgan fingerprint density at radius 1 is 1.39 bits per heavy atom. The van der Waals surface area contributed by atoms with Crippen LogP contribution < -0.4 is 5.73 Å². The minimum Gasteiger partial charge on any atom is -0.330 e. The molecule has 1 aliphatic heterocycles. The first kappa shape index (κ1) is 13.5. The van der Waals surface area contributed by atoms with Gasteiger partial charge in [0.05, 0.1) is 0 Å². The Hall–Kier alpha value is -0.930. The van der Waals surface area contributed by atoms with E-state index in [4.69, 9.17) is 5.73 Å². The number of hydrogen-bond donors (Lipinski definition) is 1. The van der Waals surface area contributed by atoms with Gasteiger partial charge in [0.15, 0.2) is 0 Å². The average Bonchev–Trinajstić information content (AvgIpc) is 2.54. The molecule has 1 heterocycles. The molecule has 2 rings (SSSR count). The number of hydrogen-bond acceptors (Lipinski definition) is 2. The molecule has 3 heteroatoms. The summed E-state index contributed by atoms with van der Waals surface area (Å²) >= 11 is 0. The summed E-state index contributed by atoms with van der Waals surface area (Å²) in [6, 6.07) is 5.51. The maximum absolute atomic E-state index is 14.1. The second kappa shape index (κ2) is 5.81. The maximum Gasteiger partial charge on any atom is 0.128 e. The lowest BCUT2D eigenvalue weighted by Gasteiger charge is -2.32. The van der Waals surface area contributed by atoms with Crippen molar-refractivity contribution in [3.63, 3.8) is 0 Å². The lowest BCUT2D eigenvalue weighted by Crippen LogP contribution is -2.33. The van der Waals surface area contributed by atoms with E-state index in [9.17, 15) is 4.39 Å². The van der Waals surface area contributed by atoms with E-state index in [0.717, 1.165) is 24.1 Å². The summed E-state index contributed by atoms with van der Waals surface area (Å²) in [5.41, 5.74) is 7.83. The second-order valence-electron chi connectivity index (χ2n) is 5.44. The van der Waals surface area contributed by atoms with Gasteiger partial charge in [-0.25, -0.2) is 4.39 Å². The highest BCUT2D eigenvalue weighted by Gasteiger charge is 2.29.